The van der Waals surface area contributed by atoms with E-state index in [1.165, 1.54) is 19.1 Å². The number of aromatic nitrogens is 2. The lowest BCUT2D eigenvalue weighted by atomic mass is 10.2. The number of rotatable bonds is 7. The number of allylic oxidation sites excluding steroid dienone is 1. The summed E-state index contributed by atoms with van der Waals surface area (Å²) in [6.45, 7) is 4.90. The highest BCUT2D eigenvalue weighted by Crippen LogP contribution is 2.46. The van der Waals surface area contributed by atoms with Crippen LogP contribution in [0.5, 0.6) is 5.88 Å². The van der Waals surface area contributed by atoms with Crippen LogP contribution in [0.4, 0.5) is 13.2 Å². The van der Waals surface area contributed by atoms with Gasteiger partial charge in [-0.3, -0.25) is 4.72 Å². The number of halogens is 4. The van der Waals surface area contributed by atoms with E-state index in [0.717, 1.165) is 11.3 Å². The van der Waals surface area contributed by atoms with Crippen LogP contribution in [-0.4, -0.2) is 32.3 Å². The highest BCUT2D eigenvalue weighted by atomic mass is 35.5. The zero-order valence-electron chi connectivity index (χ0n) is 15.0. The molecule has 0 spiro atoms. The summed E-state index contributed by atoms with van der Waals surface area (Å²) in [6.07, 6.45) is 1.29. The molecule has 0 amide bonds. The van der Waals surface area contributed by atoms with Crippen LogP contribution in [0.2, 0.25) is 5.02 Å². The molecule has 1 aliphatic carbocycles. The van der Waals surface area contributed by atoms with Crippen LogP contribution in [0.3, 0.4) is 0 Å². The molecule has 3 rings (SSSR count). The number of alkyl halides is 3. The number of hydrogen-bond donors (Lipinski definition) is 1. The zero-order valence-corrected chi connectivity index (χ0v) is 18.2. The summed E-state index contributed by atoms with van der Waals surface area (Å²) in [5.41, 5.74) is -5.37. The lowest BCUT2D eigenvalue weighted by molar-refractivity contribution is -0.0501. The first kappa shape index (κ1) is 22.8. The van der Waals surface area contributed by atoms with Crippen LogP contribution in [0.1, 0.15) is 31.4 Å². The molecule has 2 aromatic rings. The summed E-state index contributed by atoms with van der Waals surface area (Å²) in [5, 5.41) is -0.442. The summed E-state index contributed by atoms with van der Waals surface area (Å²) in [6, 6.07) is 2.58. The minimum Gasteiger partial charge on any atom is -0.353 e. The predicted octanol–water partition coefficient (Wildman–Crippen LogP) is 3.78. The molecule has 0 aliphatic heterocycles. The Morgan fingerprint density at radius 3 is 2.43 bits per heavy atom. The molecule has 1 N–H and O–H groups in total. The van der Waals surface area contributed by atoms with Gasteiger partial charge < -0.3 is 4.18 Å². The average Bonchev–Trinajstić information content (AvgIpc) is 3.29. The fourth-order valence-corrected chi connectivity index (χ4v) is 5.31. The first-order chi connectivity index (χ1) is 13.7. The monoisotopic (exact) mass is 503 g/mol. The molecule has 1 saturated carbocycles. The summed E-state index contributed by atoms with van der Waals surface area (Å²) in [4.78, 5) is 8.05. The Bertz CT molecular complexity index is 1220. The molecule has 2 aromatic heterocycles. The number of hydrogen-bond acceptors (Lipinski definition) is 8. The summed E-state index contributed by atoms with van der Waals surface area (Å²) in [5.74, 6) is -1.38. The smallest absolute Gasteiger partial charge is 0.353 e. The van der Waals surface area contributed by atoms with E-state index in [0.29, 0.717) is 12.8 Å². The molecule has 0 saturated heterocycles. The predicted molar refractivity (Wildman–Crippen MR) is 103 cm³/mol. The minimum absolute atomic E-state index is 0.127. The molecule has 1 fully saturated rings. The van der Waals surface area contributed by atoms with Gasteiger partial charge in [-0.15, -0.1) is 11.3 Å². The third kappa shape index (κ3) is 4.71. The number of sulfonamides is 1. The Hall–Kier alpha value is -1.90. The van der Waals surface area contributed by atoms with E-state index in [1.807, 2.05) is 0 Å². The normalized spacial score (nSPS) is 15.1. The van der Waals surface area contributed by atoms with Gasteiger partial charge >= 0.3 is 15.6 Å². The van der Waals surface area contributed by atoms with Gasteiger partial charge in [0.2, 0.25) is 0 Å². The molecule has 1 aliphatic rings. The van der Waals surface area contributed by atoms with E-state index in [1.54, 1.807) is 0 Å². The molecule has 0 aromatic carbocycles. The van der Waals surface area contributed by atoms with E-state index in [2.05, 4.69) is 25.5 Å². The Morgan fingerprint density at radius 1 is 1.27 bits per heavy atom. The second-order valence-electron chi connectivity index (χ2n) is 6.31. The van der Waals surface area contributed by atoms with Gasteiger partial charge in [0.25, 0.3) is 15.9 Å². The maximum absolute atomic E-state index is 12.7. The molecule has 8 nitrogen and oxygen atoms in total. The molecule has 0 bridgehead atoms. The molecule has 2 heterocycles. The van der Waals surface area contributed by atoms with Gasteiger partial charge in [0.1, 0.15) is 9.23 Å². The minimum atomic E-state index is -6.01. The number of thiophene rings is 1. The Labute approximate surface area is 178 Å². The van der Waals surface area contributed by atoms with E-state index >= 15 is 0 Å². The van der Waals surface area contributed by atoms with Crippen molar-refractivity contribution in [2.75, 3.05) is 0 Å². The fourth-order valence-electron chi connectivity index (χ4n) is 2.25. The highest BCUT2D eigenvalue weighted by molar-refractivity contribution is 7.91. The second-order valence-corrected chi connectivity index (χ2v) is 11.2. The van der Waals surface area contributed by atoms with E-state index in [9.17, 15) is 30.0 Å². The van der Waals surface area contributed by atoms with Gasteiger partial charge in [-0.05, 0) is 31.9 Å². The molecular formula is C15H13ClF3N3O5S3. The van der Waals surface area contributed by atoms with Crippen molar-refractivity contribution in [3.63, 3.8) is 0 Å². The summed E-state index contributed by atoms with van der Waals surface area (Å²) in [7, 11) is -9.93. The van der Waals surface area contributed by atoms with Crippen molar-refractivity contribution in [3.05, 3.63) is 35.1 Å². The largest absolute Gasteiger partial charge is 0.534 e. The Kier molecular flexibility index (Phi) is 5.81. The number of nitrogens with one attached hydrogen (secondary N) is 1. The summed E-state index contributed by atoms with van der Waals surface area (Å²) < 4.78 is 91.6. The van der Waals surface area contributed by atoms with Gasteiger partial charge in [-0.2, -0.15) is 26.6 Å². The molecule has 0 atom stereocenters. The topological polar surface area (TPSA) is 115 Å². The van der Waals surface area contributed by atoms with Crippen molar-refractivity contribution in [3.8, 4) is 16.6 Å². The van der Waals surface area contributed by atoms with Crippen LogP contribution >= 0.6 is 22.9 Å². The van der Waals surface area contributed by atoms with E-state index in [4.69, 9.17) is 11.6 Å². The maximum Gasteiger partial charge on any atom is 0.534 e. The van der Waals surface area contributed by atoms with Crippen LogP contribution in [0.25, 0.3) is 10.7 Å². The lowest BCUT2D eigenvalue weighted by Crippen LogP contribution is -2.28. The zero-order chi connectivity index (χ0) is 22.5. The van der Waals surface area contributed by atoms with E-state index < -0.39 is 36.6 Å². The SMILES string of the molecule is C=C(C)NS(=O)(=O)c1ccc(-c2nc(OS(=O)(=O)C(F)(F)F)c(Cl)c(C3CC3)n2)s1. The Morgan fingerprint density at radius 2 is 1.90 bits per heavy atom. The first-order valence-electron chi connectivity index (χ1n) is 8.08. The third-order valence-corrected chi connectivity index (χ3v) is 8.02. The fraction of sp³-hybridized carbons (Fsp3) is 0.333. The van der Waals surface area contributed by atoms with Crippen LogP contribution in [0.15, 0.2) is 28.6 Å². The Balaban J connectivity index is 2.07. The second kappa shape index (κ2) is 7.66. The van der Waals surface area contributed by atoms with Crippen molar-refractivity contribution in [1.29, 1.82) is 0 Å². The maximum atomic E-state index is 12.7. The van der Waals surface area contributed by atoms with Crippen molar-refractivity contribution < 1.29 is 34.2 Å². The van der Waals surface area contributed by atoms with Crippen LogP contribution < -0.4 is 8.91 Å². The van der Waals surface area contributed by atoms with Gasteiger partial charge in [0, 0.05) is 11.6 Å². The molecule has 30 heavy (non-hydrogen) atoms. The molecule has 0 unspecified atom stereocenters. The molecule has 0 radical (unpaired) electrons. The van der Waals surface area contributed by atoms with Gasteiger partial charge in [0.05, 0.1) is 10.6 Å². The van der Waals surface area contributed by atoms with Gasteiger partial charge in [0.15, 0.2) is 5.82 Å². The van der Waals surface area contributed by atoms with Crippen LogP contribution in [0, 0.1) is 0 Å². The van der Waals surface area contributed by atoms with Crippen molar-refractivity contribution in [2.45, 2.75) is 35.4 Å². The van der Waals surface area contributed by atoms with Crippen molar-refractivity contribution >= 4 is 43.1 Å². The molecular weight excluding hydrogens is 491 g/mol. The number of nitrogens with zero attached hydrogens (tertiary/aromatic N) is 2. The van der Waals surface area contributed by atoms with Gasteiger partial charge in [-0.1, -0.05) is 18.2 Å². The standard InChI is InChI=1S/C15H13ClF3N3O5S3/c1-7(2)22-29(23,24)10-6-5-9(28-10)13-20-12(8-3-4-8)11(16)14(21-13)27-30(25,26)15(17,18)19/h5-6,8,22H,1,3-4H2,2H3. The highest BCUT2D eigenvalue weighted by Gasteiger charge is 2.49. The quantitative estimate of drug-likeness (QED) is 0.451. The van der Waals surface area contributed by atoms with Crippen molar-refractivity contribution in [1.82, 2.24) is 14.7 Å². The molecule has 164 valence electrons. The van der Waals surface area contributed by atoms with Crippen LogP contribution in [-0.2, 0) is 20.1 Å². The van der Waals surface area contributed by atoms with Gasteiger partial charge in [-0.25, -0.2) is 13.4 Å². The first-order valence-corrected chi connectivity index (χ1v) is 12.2. The van der Waals surface area contributed by atoms with Crippen molar-refractivity contribution in [2.24, 2.45) is 0 Å². The van der Waals surface area contributed by atoms with E-state index in [-0.39, 0.29) is 32.2 Å². The molecule has 15 heteroatoms. The average molecular weight is 504 g/mol. The lowest BCUT2D eigenvalue weighted by Gasteiger charge is -2.12. The third-order valence-electron chi connectivity index (χ3n) is 3.66. The summed E-state index contributed by atoms with van der Waals surface area (Å²) >= 11 is 6.73.